The standard InChI is InChI=1S/C15H23N3O2S/c1-18(9-12-8-10-5-6-11(12)7-10)13-3-2-4-14(15(13)16)21(17,19)20/h2-4,10-12H,5-9,16H2,1H3,(H2,17,19,20). The van der Waals surface area contributed by atoms with Crippen LogP contribution in [-0.4, -0.2) is 22.0 Å². The molecular weight excluding hydrogens is 286 g/mol. The molecule has 21 heavy (non-hydrogen) atoms. The number of anilines is 2. The van der Waals surface area contributed by atoms with Crippen LogP contribution < -0.4 is 15.8 Å². The van der Waals surface area contributed by atoms with E-state index < -0.39 is 10.0 Å². The molecule has 2 fully saturated rings. The lowest BCUT2D eigenvalue weighted by Crippen LogP contribution is -2.29. The van der Waals surface area contributed by atoms with Crippen molar-refractivity contribution in [1.82, 2.24) is 0 Å². The van der Waals surface area contributed by atoms with Gasteiger partial charge in [-0.15, -0.1) is 0 Å². The summed E-state index contributed by atoms with van der Waals surface area (Å²) in [5, 5.41) is 5.21. The molecule has 116 valence electrons. The molecule has 1 aromatic rings. The van der Waals surface area contributed by atoms with Crippen LogP contribution in [0.3, 0.4) is 0 Å². The zero-order chi connectivity index (χ0) is 15.2. The van der Waals surface area contributed by atoms with E-state index in [2.05, 4.69) is 4.90 Å². The molecule has 2 saturated carbocycles. The lowest BCUT2D eigenvalue weighted by Gasteiger charge is -2.29. The summed E-state index contributed by atoms with van der Waals surface area (Å²) in [4.78, 5) is 2.09. The second-order valence-electron chi connectivity index (χ2n) is 6.55. The van der Waals surface area contributed by atoms with Crippen molar-refractivity contribution in [3.63, 3.8) is 0 Å². The van der Waals surface area contributed by atoms with Crippen molar-refractivity contribution >= 4 is 21.4 Å². The number of nitrogen functional groups attached to an aromatic ring is 1. The van der Waals surface area contributed by atoms with E-state index in [0.29, 0.717) is 5.92 Å². The summed E-state index contributed by atoms with van der Waals surface area (Å²) in [6, 6.07) is 5.01. The maximum atomic E-state index is 11.6. The van der Waals surface area contributed by atoms with Crippen molar-refractivity contribution < 1.29 is 8.42 Å². The number of sulfonamides is 1. The minimum atomic E-state index is -3.78. The maximum Gasteiger partial charge on any atom is 0.240 e. The lowest BCUT2D eigenvalue weighted by molar-refractivity contribution is 0.337. The fraction of sp³-hybridized carbons (Fsp3) is 0.600. The van der Waals surface area contributed by atoms with E-state index in [1.54, 1.807) is 6.07 Å². The van der Waals surface area contributed by atoms with Gasteiger partial charge in [-0.1, -0.05) is 12.5 Å². The van der Waals surface area contributed by atoms with Gasteiger partial charge in [-0.3, -0.25) is 0 Å². The fourth-order valence-corrected chi connectivity index (χ4v) is 4.84. The van der Waals surface area contributed by atoms with Crippen LogP contribution in [0.1, 0.15) is 25.7 Å². The molecule has 5 nitrogen and oxygen atoms in total. The Balaban J connectivity index is 1.80. The van der Waals surface area contributed by atoms with Crippen molar-refractivity contribution in [1.29, 1.82) is 0 Å². The third-order valence-electron chi connectivity index (χ3n) is 5.15. The van der Waals surface area contributed by atoms with Gasteiger partial charge in [0.05, 0.1) is 11.4 Å². The topological polar surface area (TPSA) is 89.4 Å². The molecule has 2 aliphatic carbocycles. The SMILES string of the molecule is CN(CC1CC2CCC1C2)c1cccc(S(N)(=O)=O)c1N. The Kier molecular flexibility index (Phi) is 3.61. The number of nitrogens with zero attached hydrogens (tertiary/aromatic N) is 1. The molecule has 0 spiro atoms. The highest BCUT2D eigenvalue weighted by molar-refractivity contribution is 7.89. The molecule has 0 amide bonds. The predicted molar refractivity (Wildman–Crippen MR) is 84.4 cm³/mol. The van der Waals surface area contributed by atoms with E-state index in [1.807, 2.05) is 13.1 Å². The Morgan fingerprint density at radius 2 is 2.05 bits per heavy atom. The molecular formula is C15H23N3O2S. The van der Waals surface area contributed by atoms with Gasteiger partial charge in [0, 0.05) is 13.6 Å². The smallest absolute Gasteiger partial charge is 0.240 e. The third-order valence-corrected chi connectivity index (χ3v) is 6.12. The van der Waals surface area contributed by atoms with Crippen molar-refractivity contribution in [2.45, 2.75) is 30.6 Å². The number of nitrogens with two attached hydrogens (primary N) is 2. The van der Waals surface area contributed by atoms with Gasteiger partial charge < -0.3 is 10.6 Å². The molecule has 2 aliphatic rings. The number of para-hydroxylation sites is 1. The molecule has 0 aromatic heterocycles. The summed E-state index contributed by atoms with van der Waals surface area (Å²) in [6.45, 7) is 0.930. The molecule has 6 heteroatoms. The predicted octanol–water partition coefficient (Wildman–Crippen LogP) is 1.79. The fourth-order valence-electron chi connectivity index (χ4n) is 4.16. The molecule has 2 bridgehead atoms. The lowest BCUT2D eigenvalue weighted by atomic mass is 9.88. The maximum absolute atomic E-state index is 11.6. The molecule has 3 rings (SSSR count). The van der Waals surface area contributed by atoms with Crippen LogP contribution in [-0.2, 0) is 10.0 Å². The van der Waals surface area contributed by atoms with Crippen LogP contribution in [0.5, 0.6) is 0 Å². The van der Waals surface area contributed by atoms with Crippen LogP contribution in [0.2, 0.25) is 0 Å². The molecule has 4 N–H and O–H groups in total. The molecule has 3 atom stereocenters. The van der Waals surface area contributed by atoms with Gasteiger partial charge in [-0.25, -0.2) is 13.6 Å². The van der Waals surface area contributed by atoms with Gasteiger partial charge in [-0.2, -0.15) is 0 Å². The Hall–Kier alpha value is -1.27. The molecule has 0 saturated heterocycles. The van der Waals surface area contributed by atoms with Crippen LogP contribution in [0.25, 0.3) is 0 Å². The van der Waals surface area contributed by atoms with Crippen LogP contribution in [0.4, 0.5) is 11.4 Å². The van der Waals surface area contributed by atoms with E-state index in [1.165, 1.54) is 31.7 Å². The molecule has 0 heterocycles. The van der Waals surface area contributed by atoms with Gasteiger partial charge >= 0.3 is 0 Å². The monoisotopic (exact) mass is 309 g/mol. The summed E-state index contributed by atoms with van der Waals surface area (Å²) < 4.78 is 23.1. The van der Waals surface area contributed by atoms with Crippen molar-refractivity contribution in [3.05, 3.63) is 18.2 Å². The average molecular weight is 309 g/mol. The molecule has 1 aromatic carbocycles. The molecule has 3 unspecified atom stereocenters. The Morgan fingerprint density at radius 1 is 1.29 bits per heavy atom. The Bertz CT molecular complexity index is 644. The van der Waals surface area contributed by atoms with Crippen molar-refractivity contribution in [3.8, 4) is 0 Å². The number of primary sulfonamides is 1. The highest BCUT2D eigenvalue weighted by Crippen LogP contribution is 2.48. The first-order chi connectivity index (χ1) is 9.86. The summed E-state index contributed by atoms with van der Waals surface area (Å²) in [5.41, 5.74) is 7.03. The van der Waals surface area contributed by atoms with Gasteiger partial charge in [0.25, 0.3) is 0 Å². The third kappa shape index (κ3) is 2.74. The van der Waals surface area contributed by atoms with Gasteiger partial charge in [0.15, 0.2) is 0 Å². The summed E-state index contributed by atoms with van der Waals surface area (Å²) >= 11 is 0. The zero-order valence-corrected chi connectivity index (χ0v) is 13.1. The van der Waals surface area contributed by atoms with Crippen LogP contribution >= 0.6 is 0 Å². The average Bonchev–Trinajstić information content (AvgIpc) is 2.99. The Morgan fingerprint density at radius 3 is 2.62 bits per heavy atom. The largest absolute Gasteiger partial charge is 0.396 e. The number of benzene rings is 1. The van der Waals surface area contributed by atoms with Crippen LogP contribution in [0.15, 0.2) is 23.1 Å². The summed E-state index contributed by atoms with van der Waals surface area (Å²) in [5.74, 6) is 2.44. The number of hydrogen-bond acceptors (Lipinski definition) is 4. The minimum absolute atomic E-state index is 0.0137. The normalized spacial score (nSPS) is 28.0. The first kappa shape index (κ1) is 14.7. The summed E-state index contributed by atoms with van der Waals surface area (Å²) in [7, 11) is -1.80. The first-order valence-corrected chi connectivity index (χ1v) is 9.03. The van der Waals surface area contributed by atoms with Crippen LogP contribution in [0, 0.1) is 17.8 Å². The van der Waals surface area contributed by atoms with Gasteiger partial charge in [0.2, 0.25) is 10.0 Å². The highest BCUT2D eigenvalue weighted by Gasteiger charge is 2.39. The minimum Gasteiger partial charge on any atom is -0.396 e. The van der Waals surface area contributed by atoms with Gasteiger partial charge in [0.1, 0.15) is 4.90 Å². The van der Waals surface area contributed by atoms with E-state index >= 15 is 0 Å². The molecule has 0 aliphatic heterocycles. The second kappa shape index (κ2) is 5.18. The number of rotatable bonds is 4. The first-order valence-electron chi connectivity index (χ1n) is 7.48. The number of hydrogen-bond donors (Lipinski definition) is 2. The Labute approximate surface area is 126 Å². The zero-order valence-electron chi connectivity index (χ0n) is 12.3. The van der Waals surface area contributed by atoms with Crippen molar-refractivity contribution in [2.75, 3.05) is 24.2 Å². The second-order valence-corrected chi connectivity index (χ2v) is 8.08. The highest BCUT2D eigenvalue weighted by atomic mass is 32.2. The number of fused-ring (bicyclic) bond motifs is 2. The van der Waals surface area contributed by atoms with E-state index in [-0.39, 0.29) is 10.6 Å². The van der Waals surface area contributed by atoms with E-state index in [4.69, 9.17) is 10.9 Å². The van der Waals surface area contributed by atoms with E-state index in [0.717, 1.165) is 24.1 Å². The van der Waals surface area contributed by atoms with Gasteiger partial charge in [-0.05, 0) is 49.1 Å². The summed E-state index contributed by atoms with van der Waals surface area (Å²) in [6.07, 6.45) is 5.39. The van der Waals surface area contributed by atoms with E-state index in [9.17, 15) is 8.42 Å². The quantitative estimate of drug-likeness (QED) is 0.830. The molecule has 0 radical (unpaired) electrons. The van der Waals surface area contributed by atoms with Crippen molar-refractivity contribution in [2.24, 2.45) is 22.9 Å².